The molecule has 0 spiro atoms. The first-order valence-corrected chi connectivity index (χ1v) is 10.0. The number of nitrogens with zero attached hydrogens (tertiary/aromatic N) is 3. The molecule has 0 radical (unpaired) electrons. The molecule has 0 aliphatic carbocycles. The monoisotopic (exact) mass is 351 g/mol. The zero-order valence-electron chi connectivity index (χ0n) is 16.6. The van der Waals surface area contributed by atoms with Gasteiger partial charge in [-0.25, -0.2) is 0 Å². The quantitative estimate of drug-likeness (QED) is 0.565. The lowest BCUT2D eigenvalue weighted by atomic mass is 10.0. The van der Waals surface area contributed by atoms with Gasteiger partial charge in [-0.3, -0.25) is 14.7 Å². The Labute approximate surface area is 153 Å². The van der Waals surface area contributed by atoms with E-state index in [4.69, 9.17) is 0 Å². The number of likely N-dealkylation sites (tertiary alicyclic amines) is 2. The third kappa shape index (κ3) is 6.17. The smallest absolute Gasteiger partial charge is 0.222 e. The minimum absolute atomic E-state index is 0.249. The van der Waals surface area contributed by atoms with E-state index in [1.807, 2.05) is 18.9 Å². The van der Waals surface area contributed by atoms with Gasteiger partial charge in [0.05, 0.1) is 0 Å². The molecule has 2 N–H and O–H groups in total. The van der Waals surface area contributed by atoms with Crippen molar-refractivity contribution in [1.82, 2.24) is 20.4 Å². The van der Waals surface area contributed by atoms with E-state index in [1.165, 1.54) is 32.4 Å². The van der Waals surface area contributed by atoms with Crippen molar-refractivity contribution >= 4 is 11.9 Å². The molecule has 2 aliphatic heterocycles. The highest BCUT2D eigenvalue weighted by atomic mass is 16.2. The Balaban J connectivity index is 1.79. The van der Waals surface area contributed by atoms with Crippen molar-refractivity contribution in [2.75, 3.05) is 39.8 Å². The molecule has 0 saturated carbocycles. The fraction of sp³-hybridized carbons (Fsp3) is 0.895. The van der Waals surface area contributed by atoms with Crippen molar-refractivity contribution in [1.29, 1.82) is 0 Å². The second kappa shape index (κ2) is 10.00. The summed E-state index contributed by atoms with van der Waals surface area (Å²) in [5.41, 5.74) is 0. The lowest BCUT2D eigenvalue weighted by Gasteiger charge is -2.37. The first kappa shape index (κ1) is 20.0. The number of guanidine groups is 1. The highest BCUT2D eigenvalue weighted by Crippen LogP contribution is 2.18. The number of aliphatic imine (C=N–C) groups is 1. The number of rotatable bonds is 6. The third-order valence-corrected chi connectivity index (χ3v) is 5.26. The number of hydrogen-bond donors (Lipinski definition) is 2. The Hall–Kier alpha value is -1.30. The van der Waals surface area contributed by atoms with Crippen molar-refractivity contribution in [2.45, 2.75) is 65.0 Å². The van der Waals surface area contributed by atoms with Crippen molar-refractivity contribution in [3.63, 3.8) is 0 Å². The van der Waals surface area contributed by atoms with Gasteiger partial charge in [0.15, 0.2) is 5.96 Å². The van der Waals surface area contributed by atoms with E-state index in [0.717, 1.165) is 32.0 Å². The highest BCUT2D eigenvalue weighted by molar-refractivity contribution is 5.80. The number of carbonyl (C=O) groups is 1. The first-order valence-electron chi connectivity index (χ1n) is 10.0. The van der Waals surface area contributed by atoms with Crippen LogP contribution in [0.5, 0.6) is 0 Å². The van der Waals surface area contributed by atoms with E-state index in [0.29, 0.717) is 24.4 Å². The van der Waals surface area contributed by atoms with Crippen LogP contribution in [0.3, 0.4) is 0 Å². The van der Waals surface area contributed by atoms with Crippen LogP contribution in [0.15, 0.2) is 4.99 Å². The lowest BCUT2D eigenvalue weighted by molar-refractivity contribution is -0.129. The Morgan fingerprint density at radius 1 is 1.24 bits per heavy atom. The molecule has 2 unspecified atom stereocenters. The summed E-state index contributed by atoms with van der Waals surface area (Å²) in [6, 6.07) is 0.899. The zero-order valence-corrected chi connectivity index (χ0v) is 16.6. The van der Waals surface area contributed by atoms with E-state index in [9.17, 15) is 4.79 Å². The number of carbonyl (C=O) groups excluding carboxylic acids is 1. The molecule has 0 bridgehead atoms. The van der Waals surface area contributed by atoms with E-state index in [2.05, 4.69) is 34.4 Å². The molecule has 2 atom stereocenters. The molecule has 2 aliphatic rings. The second-order valence-electron chi connectivity index (χ2n) is 7.81. The number of nitrogens with one attached hydrogen (secondary N) is 2. The maximum Gasteiger partial charge on any atom is 0.222 e. The molecule has 2 fully saturated rings. The Morgan fingerprint density at radius 3 is 2.72 bits per heavy atom. The molecule has 2 saturated heterocycles. The van der Waals surface area contributed by atoms with Crippen molar-refractivity contribution in [3.05, 3.63) is 0 Å². The fourth-order valence-electron chi connectivity index (χ4n) is 3.93. The minimum atomic E-state index is 0.249. The van der Waals surface area contributed by atoms with Gasteiger partial charge >= 0.3 is 0 Å². The summed E-state index contributed by atoms with van der Waals surface area (Å²) in [6.45, 7) is 11.5. The van der Waals surface area contributed by atoms with Gasteiger partial charge in [-0.2, -0.15) is 0 Å². The summed E-state index contributed by atoms with van der Waals surface area (Å²) >= 11 is 0. The van der Waals surface area contributed by atoms with Gasteiger partial charge in [-0.1, -0.05) is 27.2 Å². The largest absolute Gasteiger partial charge is 0.355 e. The van der Waals surface area contributed by atoms with Crippen molar-refractivity contribution < 1.29 is 4.79 Å². The van der Waals surface area contributed by atoms with Gasteiger partial charge in [0.1, 0.15) is 0 Å². The van der Waals surface area contributed by atoms with Gasteiger partial charge in [0.25, 0.3) is 0 Å². The van der Waals surface area contributed by atoms with E-state index < -0.39 is 0 Å². The van der Waals surface area contributed by atoms with Crippen molar-refractivity contribution in [2.24, 2.45) is 10.9 Å². The number of amides is 1. The van der Waals surface area contributed by atoms with Crippen LogP contribution in [0.1, 0.15) is 52.9 Å². The topological polar surface area (TPSA) is 60.0 Å². The van der Waals surface area contributed by atoms with Gasteiger partial charge < -0.3 is 15.5 Å². The maximum atomic E-state index is 11.8. The molecule has 0 aromatic rings. The predicted octanol–water partition coefficient (Wildman–Crippen LogP) is 1.67. The van der Waals surface area contributed by atoms with E-state index in [-0.39, 0.29) is 5.91 Å². The van der Waals surface area contributed by atoms with E-state index in [1.54, 1.807) is 0 Å². The molecule has 0 aromatic carbocycles. The van der Waals surface area contributed by atoms with Crippen LogP contribution in [0.2, 0.25) is 0 Å². The van der Waals surface area contributed by atoms with Crippen LogP contribution in [-0.2, 0) is 4.79 Å². The van der Waals surface area contributed by atoms with Gasteiger partial charge in [0, 0.05) is 51.7 Å². The van der Waals surface area contributed by atoms with Gasteiger partial charge in [-0.05, 0) is 31.7 Å². The summed E-state index contributed by atoms with van der Waals surface area (Å²) in [7, 11) is 1.83. The molecule has 1 amide bonds. The van der Waals surface area contributed by atoms with Crippen LogP contribution in [0, 0.1) is 5.92 Å². The van der Waals surface area contributed by atoms with E-state index >= 15 is 0 Å². The third-order valence-electron chi connectivity index (χ3n) is 5.26. The summed E-state index contributed by atoms with van der Waals surface area (Å²) in [5, 5.41) is 7.02. The molecule has 25 heavy (non-hydrogen) atoms. The summed E-state index contributed by atoms with van der Waals surface area (Å²) in [6.07, 6.45) is 5.49. The average molecular weight is 352 g/mol. The lowest BCUT2D eigenvalue weighted by Crippen LogP contribution is -2.51. The molecule has 2 rings (SSSR count). The number of piperidine rings is 1. The maximum absolute atomic E-state index is 11.8. The summed E-state index contributed by atoms with van der Waals surface area (Å²) in [5.74, 6) is 1.82. The Morgan fingerprint density at radius 2 is 2.04 bits per heavy atom. The molecule has 6 nitrogen and oxygen atoms in total. The molecule has 0 aromatic heterocycles. The average Bonchev–Trinajstić information content (AvgIpc) is 3.07. The minimum Gasteiger partial charge on any atom is -0.355 e. The van der Waals surface area contributed by atoms with Crippen molar-refractivity contribution in [3.8, 4) is 0 Å². The van der Waals surface area contributed by atoms with Crippen LogP contribution in [-0.4, -0.2) is 73.5 Å². The second-order valence-corrected chi connectivity index (χ2v) is 7.81. The normalized spacial score (nSPS) is 25.5. The molecule has 144 valence electrons. The molecular weight excluding hydrogens is 314 g/mol. The van der Waals surface area contributed by atoms with Gasteiger partial charge in [0.2, 0.25) is 5.91 Å². The summed E-state index contributed by atoms with van der Waals surface area (Å²) in [4.78, 5) is 20.8. The van der Waals surface area contributed by atoms with Crippen LogP contribution in [0.25, 0.3) is 0 Å². The molecular formula is C19H37N5O. The van der Waals surface area contributed by atoms with Crippen LogP contribution >= 0.6 is 0 Å². The first-order chi connectivity index (χ1) is 12.0. The zero-order chi connectivity index (χ0) is 18.2. The highest BCUT2D eigenvalue weighted by Gasteiger charge is 2.27. The SMILES string of the molecule is CCC(=O)N1CCC(NC(=NC)NCC2CCCCN2CC(C)C)C1. The Bertz CT molecular complexity index is 451. The summed E-state index contributed by atoms with van der Waals surface area (Å²) < 4.78 is 0. The Kier molecular flexibility index (Phi) is 8.00. The predicted molar refractivity (Wildman–Crippen MR) is 104 cm³/mol. The van der Waals surface area contributed by atoms with Crippen LogP contribution in [0.4, 0.5) is 0 Å². The van der Waals surface area contributed by atoms with Crippen LogP contribution < -0.4 is 10.6 Å². The molecule has 6 heteroatoms. The number of hydrogen-bond acceptors (Lipinski definition) is 3. The molecule has 2 heterocycles. The fourth-order valence-corrected chi connectivity index (χ4v) is 3.93. The van der Waals surface area contributed by atoms with Gasteiger partial charge in [-0.15, -0.1) is 0 Å². The standard InChI is InChI=1S/C19H37N5O/c1-5-18(25)24-11-9-16(14-24)22-19(20-4)21-12-17-8-6-7-10-23(17)13-15(2)3/h15-17H,5-14H2,1-4H3,(H2,20,21,22).